The Morgan fingerprint density at radius 2 is 1.90 bits per heavy atom. The first-order chi connectivity index (χ1) is 9.79. The summed E-state index contributed by atoms with van der Waals surface area (Å²) in [6, 6.07) is 16.4. The van der Waals surface area contributed by atoms with E-state index in [9.17, 15) is 0 Å². The van der Waals surface area contributed by atoms with Crippen LogP contribution in [-0.4, -0.2) is 4.98 Å². The summed E-state index contributed by atoms with van der Waals surface area (Å²) in [6.07, 6.45) is 2.63. The van der Waals surface area contributed by atoms with Crippen LogP contribution in [0.1, 0.15) is 18.0 Å². The number of nitrogens with two attached hydrogens (primary N) is 1. The van der Waals surface area contributed by atoms with Gasteiger partial charge in [0.15, 0.2) is 0 Å². The summed E-state index contributed by atoms with van der Waals surface area (Å²) in [7, 11) is 0. The number of fused-ring (bicyclic) bond motifs is 1. The molecule has 0 radical (unpaired) electrons. The van der Waals surface area contributed by atoms with Crippen molar-refractivity contribution in [2.24, 2.45) is 5.73 Å². The molecule has 0 aliphatic carbocycles. The predicted octanol–water partition coefficient (Wildman–Crippen LogP) is 4.54. The topological polar surface area (TPSA) is 38.9 Å². The fourth-order valence-electron chi connectivity index (χ4n) is 2.31. The molecule has 1 atom stereocenters. The van der Waals surface area contributed by atoms with Gasteiger partial charge in [0.2, 0.25) is 0 Å². The highest BCUT2D eigenvalue weighted by molar-refractivity contribution is 7.21. The van der Waals surface area contributed by atoms with Crippen LogP contribution in [0.2, 0.25) is 0 Å². The highest BCUT2D eigenvalue weighted by atomic mass is 32.1. The van der Waals surface area contributed by atoms with Crippen molar-refractivity contribution in [2.45, 2.75) is 12.5 Å². The second-order valence-corrected chi connectivity index (χ2v) is 5.74. The number of nitrogens with zero attached hydrogens (tertiary/aromatic N) is 1. The maximum absolute atomic E-state index is 6.24. The summed E-state index contributed by atoms with van der Waals surface area (Å²) in [6.45, 7) is 3.77. The van der Waals surface area contributed by atoms with Gasteiger partial charge in [-0.25, -0.2) is 4.98 Å². The van der Waals surface area contributed by atoms with Gasteiger partial charge >= 0.3 is 0 Å². The molecule has 0 spiro atoms. The lowest BCUT2D eigenvalue weighted by molar-refractivity contribution is 0.743. The van der Waals surface area contributed by atoms with Gasteiger partial charge in [-0.3, -0.25) is 0 Å². The van der Waals surface area contributed by atoms with Gasteiger partial charge in [-0.1, -0.05) is 42.5 Å². The molecule has 0 fully saturated rings. The van der Waals surface area contributed by atoms with E-state index in [1.54, 1.807) is 11.3 Å². The number of benzene rings is 2. The molecular formula is C17H16N2S. The average molecular weight is 280 g/mol. The van der Waals surface area contributed by atoms with Crippen molar-refractivity contribution < 1.29 is 0 Å². The van der Waals surface area contributed by atoms with Crippen molar-refractivity contribution in [2.75, 3.05) is 0 Å². The Hall–Kier alpha value is -1.97. The molecule has 0 aliphatic heterocycles. The smallest absolute Gasteiger partial charge is 0.124 e. The summed E-state index contributed by atoms with van der Waals surface area (Å²) in [5.74, 6) is 0. The molecule has 0 amide bonds. The molecule has 3 heteroatoms. The number of rotatable bonds is 4. The van der Waals surface area contributed by atoms with Gasteiger partial charge in [0.25, 0.3) is 0 Å². The van der Waals surface area contributed by atoms with E-state index >= 15 is 0 Å². The molecule has 2 nitrogen and oxygen atoms in total. The Labute approximate surface area is 122 Å². The van der Waals surface area contributed by atoms with E-state index in [1.807, 2.05) is 36.4 Å². The van der Waals surface area contributed by atoms with Crippen molar-refractivity contribution in [3.8, 4) is 10.6 Å². The van der Waals surface area contributed by atoms with Crippen LogP contribution >= 0.6 is 11.3 Å². The maximum atomic E-state index is 6.24. The Morgan fingerprint density at radius 3 is 2.70 bits per heavy atom. The average Bonchev–Trinajstić information content (AvgIpc) is 2.91. The second kappa shape index (κ2) is 5.57. The van der Waals surface area contributed by atoms with Crippen LogP contribution in [0, 0.1) is 0 Å². The molecule has 1 aromatic heterocycles. The molecule has 0 saturated heterocycles. The zero-order valence-electron chi connectivity index (χ0n) is 11.1. The van der Waals surface area contributed by atoms with Gasteiger partial charge in [0.05, 0.1) is 10.2 Å². The van der Waals surface area contributed by atoms with E-state index in [0.717, 1.165) is 28.1 Å². The molecular weight excluding hydrogens is 264 g/mol. The van der Waals surface area contributed by atoms with Gasteiger partial charge in [-0.15, -0.1) is 17.9 Å². The van der Waals surface area contributed by atoms with Crippen LogP contribution in [0.3, 0.4) is 0 Å². The highest BCUT2D eigenvalue weighted by Crippen LogP contribution is 2.34. The molecule has 2 N–H and O–H groups in total. The third-order valence-corrected chi connectivity index (χ3v) is 4.37. The Balaban J connectivity index is 2.11. The zero-order chi connectivity index (χ0) is 13.9. The Bertz CT molecular complexity index is 712. The third kappa shape index (κ3) is 2.38. The van der Waals surface area contributed by atoms with E-state index in [-0.39, 0.29) is 6.04 Å². The summed E-state index contributed by atoms with van der Waals surface area (Å²) >= 11 is 1.71. The van der Waals surface area contributed by atoms with Crippen molar-refractivity contribution in [3.63, 3.8) is 0 Å². The lowest BCUT2D eigenvalue weighted by atomic mass is 9.99. The van der Waals surface area contributed by atoms with Crippen molar-refractivity contribution in [1.82, 2.24) is 4.98 Å². The fourth-order valence-corrected chi connectivity index (χ4v) is 3.32. The molecule has 2 aromatic carbocycles. The van der Waals surface area contributed by atoms with Gasteiger partial charge in [0, 0.05) is 11.6 Å². The highest BCUT2D eigenvalue weighted by Gasteiger charge is 2.14. The minimum atomic E-state index is -0.0317. The number of hydrogen-bond donors (Lipinski definition) is 1. The summed E-state index contributed by atoms with van der Waals surface area (Å²) in [5, 5.41) is 1.03. The summed E-state index contributed by atoms with van der Waals surface area (Å²) in [4.78, 5) is 4.72. The minimum Gasteiger partial charge on any atom is -0.324 e. The van der Waals surface area contributed by atoms with E-state index in [2.05, 4.69) is 24.8 Å². The van der Waals surface area contributed by atoms with Crippen LogP contribution in [0.4, 0.5) is 0 Å². The summed E-state index contributed by atoms with van der Waals surface area (Å²) < 4.78 is 1.20. The molecule has 100 valence electrons. The van der Waals surface area contributed by atoms with Crippen LogP contribution in [-0.2, 0) is 0 Å². The normalized spacial score (nSPS) is 12.4. The molecule has 0 bridgehead atoms. The van der Waals surface area contributed by atoms with Crippen LogP contribution < -0.4 is 5.73 Å². The van der Waals surface area contributed by atoms with Gasteiger partial charge in [-0.2, -0.15) is 0 Å². The van der Waals surface area contributed by atoms with Gasteiger partial charge in [-0.05, 0) is 24.1 Å². The van der Waals surface area contributed by atoms with E-state index < -0.39 is 0 Å². The first kappa shape index (κ1) is 13.0. The van der Waals surface area contributed by atoms with Crippen LogP contribution in [0.15, 0.2) is 61.2 Å². The molecule has 20 heavy (non-hydrogen) atoms. The third-order valence-electron chi connectivity index (χ3n) is 3.31. The molecule has 1 heterocycles. The maximum Gasteiger partial charge on any atom is 0.124 e. The fraction of sp³-hybridized carbons (Fsp3) is 0.118. The SMILES string of the molecule is C=CCC(N)c1ccccc1-c1nc2ccccc2s1. The van der Waals surface area contributed by atoms with Crippen LogP contribution in [0.25, 0.3) is 20.8 Å². The molecule has 3 rings (SSSR count). The van der Waals surface area contributed by atoms with Crippen molar-refractivity contribution >= 4 is 21.6 Å². The largest absolute Gasteiger partial charge is 0.324 e. The molecule has 0 saturated carbocycles. The van der Waals surface area contributed by atoms with E-state index in [4.69, 9.17) is 10.7 Å². The number of aromatic nitrogens is 1. The molecule has 0 aliphatic rings. The second-order valence-electron chi connectivity index (χ2n) is 4.70. The Kier molecular flexibility index (Phi) is 3.63. The molecule has 1 unspecified atom stereocenters. The van der Waals surface area contributed by atoms with Crippen LogP contribution in [0.5, 0.6) is 0 Å². The number of hydrogen-bond acceptors (Lipinski definition) is 3. The lowest BCUT2D eigenvalue weighted by Gasteiger charge is -2.13. The number of para-hydroxylation sites is 1. The minimum absolute atomic E-state index is 0.0317. The zero-order valence-corrected chi connectivity index (χ0v) is 11.9. The first-order valence-corrected chi connectivity index (χ1v) is 7.42. The first-order valence-electron chi connectivity index (χ1n) is 6.61. The van der Waals surface area contributed by atoms with Gasteiger partial charge in [0.1, 0.15) is 5.01 Å². The van der Waals surface area contributed by atoms with Gasteiger partial charge < -0.3 is 5.73 Å². The van der Waals surface area contributed by atoms with E-state index in [0.29, 0.717) is 0 Å². The van der Waals surface area contributed by atoms with Crippen molar-refractivity contribution in [1.29, 1.82) is 0 Å². The molecule has 3 aromatic rings. The number of thiazole rings is 1. The summed E-state index contributed by atoms with van der Waals surface area (Å²) in [5.41, 5.74) is 9.54. The monoisotopic (exact) mass is 280 g/mol. The lowest BCUT2D eigenvalue weighted by Crippen LogP contribution is -2.10. The van der Waals surface area contributed by atoms with Crippen molar-refractivity contribution in [3.05, 3.63) is 66.7 Å². The van der Waals surface area contributed by atoms with E-state index in [1.165, 1.54) is 4.70 Å². The standard InChI is InChI=1S/C17H16N2S/c1-2-7-14(18)12-8-3-4-9-13(12)17-19-15-10-5-6-11-16(15)20-17/h2-6,8-11,14H,1,7,18H2. The Morgan fingerprint density at radius 1 is 1.15 bits per heavy atom. The quantitative estimate of drug-likeness (QED) is 0.713. The predicted molar refractivity (Wildman–Crippen MR) is 86.8 cm³/mol.